The molecule has 0 saturated heterocycles. The highest BCUT2D eigenvalue weighted by molar-refractivity contribution is 9.10. The number of carbonyl (C=O) groups excluding carboxylic acids is 1. The van der Waals surface area contributed by atoms with Crippen molar-refractivity contribution >= 4 is 33.2 Å². The molecule has 0 fully saturated rings. The second kappa shape index (κ2) is 5.63. The molecule has 2 aromatic carbocycles. The van der Waals surface area contributed by atoms with Gasteiger partial charge in [-0.15, -0.1) is 0 Å². The Bertz CT molecular complexity index is 663. The number of carbonyl (C=O) groups is 1. The third-order valence-corrected chi connectivity index (χ3v) is 3.46. The van der Waals surface area contributed by atoms with E-state index in [0.717, 1.165) is 11.1 Å². The average Bonchev–Trinajstić information content (AvgIpc) is 2.36. The van der Waals surface area contributed by atoms with Crippen molar-refractivity contribution in [3.63, 3.8) is 0 Å². The van der Waals surface area contributed by atoms with Gasteiger partial charge in [0, 0.05) is 15.8 Å². The highest BCUT2D eigenvalue weighted by atomic mass is 79.9. The highest BCUT2D eigenvalue weighted by Gasteiger charge is 2.14. The molecule has 104 valence electrons. The van der Waals surface area contributed by atoms with Crippen molar-refractivity contribution in [2.45, 2.75) is 13.8 Å². The molecule has 0 aliphatic carbocycles. The molecule has 0 spiro atoms. The monoisotopic (exact) mass is 336 g/mol. The summed E-state index contributed by atoms with van der Waals surface area (Å²) in [7, 11) is 0. The first kappa shape index (κ1) is 14.5. The van der Waals surface area contributed by atoms with Gasteiger partial charge in [0.15, 0.2) is 0 Å². The molecule has 20 heavy (non-hydrogen) atoms. The maximum Gasteiger partial charge on any atom is 0.258 e. The first-order valence-electron chi connectivity index (χ1n) is 6.01. The molecule has 0 aliphatic heterocycles. The van der Waals surface area contributed by atoms with Gasteiger partial charge in [-0.05, 0) is 55.3 Å². The van der Waals surface area contributed by atoms with E-state index in [1.54, 1.807) is 18.2 Å². The largest absolute Gasteiger partial charge is 0.399 e. The van der Waals surface area contributed by atoms with Crippen LogP contribution in [0.2, 0.25) is 0 Å². The van der Waals surface area contributed by atoms with Crippen molar-refractivity contribution in [2.75, 3.05) is 11.1 Å². The number of anilines is 2. The van der Waals surface area contributed by atoms with E-state index in [0.29, 0.717) is 15.8 Å². The van der Waals surface area contributed by atoms with Gasteiger partial charge < -0.3 is 11.1 Å². The van der Waals surface area contributed by atoms with Gasteiger partial charge in [-0.1, -0.05) is 15.9 Å². The molecule has 3 nitrogen and oxygen atoms in total. The lowest BCUT2D eigenvalue weighted by atomic mass is 10.1. The Kier molecular flexibility index (Phi) is 4.09. The molecule has 0 saturated carbocycles. The molecule has 2 rings (SSSR count). The molecule has 0 aromatic heterocycles. The molecule has 0 atom stereocenters. The second-order valence-electron chi connectivity index (χ2n) is 4.61. The maximum atomic E-state index is 13.7. The summed E-state index contributed by atoms with van der Waals surface area (Å²) in [6.07, 6.45) is 0. The van der Waals surface area contributed by atoms with Gasteiger partial charge in [0.2, 0.25) is 0 Å². The summed E-state index contributed by atoms with van der Waals surface area (Å²) in [4.78, 5) is 12.2. The lowest BCUT2D eigenvalue weighted by Gasteiger charge is -2.13. The van der Waals surface area contributed by atoms with Crippen LogP contribution in [-0.2, 0) is 0 Å². The molecule has 0 heterocycles. The molecule has 5 heteroatoms. The van der Waals surface area contributed by atoms with Gasteiger partial charge >= 0.3 is 0 Å². The lowest BCUT2D eigenvalue weighted by Crippen LogP contribution is -2.15. The fourth-order valence-corrected chi connectivity index (χ4v) is 2.41. The fourth-order valence-electron chi connectivity index (χ4n) is 2.05. The minimum Gasteiger partial charge on any atom is -0.399 e. The van der Waals surface area contributed by atoms with Crippen molar-refractivity contribution in [1.82, 2.24) is 0 Å². The molecule has 0 unspecified atom stereocenters. The quantitative estimate of drug-likeness (QED) is 0.813. The molecule has 0 radical (unpaired) electrons. The number of benzene rings is 2. The van der Waals surface area contributed by atoms with Crippen LogP contribution in [0.4, 0.5) is 15.8 Å². The zero-order chi connectivity index (χ0) is 14.9. The topological polar surface area (TPSA) is 55.1 Å². The van der Waals surface area contributed by atoms with E-state index < -0.39 is 11.7 Å². The molecule has 0 bridgehead atoms. The molecule has 0 aliphatic rings. The van der Waals surface area contributed by atoms with E-state index in [-0.39, 0.29) is 5.56 Å². The number of aryl methyl sites for hydroxylation is 2. The van der Waals surface area contributed by atoms with Crippen LogP contribution in [0.3, 0.4) is 0 Å². The molecular weight excluding hydrogens is 323 g/mol. The van der Waals surface area contributed by atoms with Gasteiger partial charge in [-0.2, -0.15) is 0 Å². The zero-order valence-corrected chi connectivity index (χ0v) is 12.7. The lowest BCUT2D eigenvalue weighted by molar-refractivity contribution is 0.102. The minimum atomic E-state index is -0.559. The van der Waals surface area contributed by atoms with E-state index >= 15 is 0 Å². The summed E-state index contributed by atoms with van der Waals surface area (Å²) in [5, 5.41) is 2.73. The first-order valence-corrected chi connectivity index (χ1v) is 6.81. The van der Waals surface area contributed by atoms with Crippen LogP contribution in [0.15, 0.2) is 34.8 Å². The van der Waals surface area contributed by atoms with Gasteiger partial charge in [0.05, 0.1) is 5.56 Å². The van der Waals surface area contributed by atoms with Crippen LogP contribution in [-0.4, -0.2) is 5.91 Å². The Morgan fingerprint density at radius 3 is 2.40 bits per heavy atom. The van der Waals surface area contributed by atoms with Crippen molar-refractivity contribution in [3.8, 4) is 0 Å². The summed E-state index contributed by atoms with van der Waals surface area (Å²) >= 11 is 3.23. The van der Waals surface area contributed by atoms with E-state index in [1.165, 1.54) is 12.1 Å². The number of hydrogen-bond acceptors (Lipinski definition) is 2. The highest BCUT2D eigenvalue weighted by Crippen LogP contribution is 2.25. The molecule has 1 amide bonds. The smallest absolute Gasteiger partial charge is 0.258 e. The number of nitrogens with two attached hydrogens (primary N) is 1. The van der Waals surface area contributed by atoms with Crippen molar-refractivity contribution in [2.24, 2.45) is 0 Å². The van der Waals surface area contributed by atoms with Crippen LogP contribution < -0.4 is 11.1 Å². The van der Waals surface area contributed by atoms with Crippen LogP contribution >= 0.6 is 15.9 Å². The predicted octanol–water partition coefficient (Wildman–Crippen LogP) is 4.04. The second-order valence-corrected chi connectivity index (χ2v) is 5.52. The molecular formula is C15H14BrFN2O. The van der Waals surface area contributed by atoms with E-state index in [4.69, 9.17) is 5.73 Å². The Labute approximate surface area is 125 Å². The van der Waals surface area contributed by atoms with Crippen molar-refractivity contribution < 1.29 is 9.18 Å². The zero-order valence-electron chi connectivity index (χ0n) is 11.1. The van der Waals surface area contributed by atoms with Gasteiger partial charge in [-0.3, -0.25) is 4.79 Å². The Hall–Kier alpha value is -1.88. The fraction of sp³-hybridized carbons (Fsp3) is 0.133. The first-order chi connectivity index (χ1) is 9.38. The Morgan fingerprint density at radius 1 is 1.20 bits per heavy atom. The van der Waals surface area contributed by atoms with Gasteiger partial charge in [0.1, 0.15) is 5.82 Å². The SMILES string of the molecule is Cc1cc(N)cc(C)c1NC(=O)c1cc(Br)ccc1F. The summed E-state index contributed by atoms with van der Waals surface area (Å²) < 4.78 is 14.3. The van der Waals surface area contributed by atoms with Gasteiger partial charge in [0.25, 0.3) is 5.91 Å². The standard InChI is InChI=1S/C15H14BrFN2O/c1-8-5-11(18)6-9(2)14(8)19-15(20)12-7-10(16)3-4-13(12)17/h3-7H,18H2,1-2H3,(H,19,20). The Morgan fingerprint density at radius 2 is 1.80 bits per heavy atom. The van der Waals surface area contributed by atoms with Crippen molar-refractivity contribution in [3.05, 3.63) is 57.3 Å². The van der Waals surface area contributed by atoms with Crippen LogP contribution in [0, 0.1) is 19.7 Å². The van der Waals surface area contributed by atoms with E-state index in [2.05, 4.69) is 21.2 Å². The third kappa shape index (κ3) is 2.99. The molecule has 3 N–H and O–H groups in total. The number of halogens is 2. The Balaban J connectivity index is 2.35. The van der Waals surface area contributed by atoms with E-state index in [1.807, 2.05) is 13.8 Å². The number of amides is 1. The van der Waals surface area contributed by atoms with Crippen LogP contribution in [0.25, 0.3) is 0 Å². The number of hydrogen-bond donors (Lipinski definition) is 2. The number of nitrogens with one attached hydrogen (secondary N) is 1. The minimum absolute atomic E-state index is 0.00463. The number of rotatable bonds is 2. The van der Waals surface area contributed by atoms with E-state index in [9.17, 15) is 9.18 Å². The maximum absolute atomic E-state index is 13.7. The predicted molar refractivity (Wildman–Crippen MR) is 82.4 cm³/mol. The summed E-state index contributed by atoms with van der Waals surface area (Å²) in [5.74, 6) is -1.05. The third-order valence-electron chi connectivity index (χ3n) is 2.97. The summed E-state index contributed by atoms with van der Waals surface area (Å²) in [5.41, 5.74) is 8.70. The summed E-state index contributed by atoms with van der Waals surface area (Å²) in [6, 6.07) is 7.78. The summed E-state index contributed by atoms with van der Waals surface area (Å²) in [6.45, 7) is 3.69. The average molecular weight is 337 g/mol. The number of nitrogen functional groups attached to an aromatic ring is 1. The van der Waals surface area contributed by atoms with Crippen molar-refractivity contribution in [1.29, 1.82) is 0 Å². The van der Waals surface area contributed by atoms with Crippen LogP contribution in [0.1, 0.15) is 21.5 Å². The normalized spacial score (nSPS) is 10.4. The molecule has 2 aromatic rings. The van der Waals surface area contributed by atoms with Crippen LogP contribution in [0.5, 0.6) is 0 Å². The van der Waals surface area contributed by atoms with Gasteiger partial charge in [-0.25, -0.2) is 4.39 Å².